The number of aromatic nitrogens is 3. The Morgan fingerprint density at radius 3 is 2.61 bits per heavy atom. The fourth-order valence-electron chi connectivity index (χ4n) is 3.10. The molecular weight excluding hydrogens is 355 g/mol. The minimum atomic E-state index is -0.286. The Bertz CT molecular complexity index is 1120. The number of carbonyl (C=O) groups is 1. The van der Waals surface area contributed by atoms with Gasteiger partial charge in [0, 0.05) is 37.4 Å². The van der Waals surface area contributed by atoms with Gasteiger partial charge in [-0.25, -0.2) is 9.37 Å². The zero-order valence-corrected chi connectivity index (χ0v) is 15.6. The Labute approximate surface area is 162 Å². The van der Waals surface area contributed by atoms with Crippen molar-refractivity contribution in [3.05, 3.63) is 90.3 Å². The molecule has 1 aromatic carbocycles. The monoisotopic (exact) mass is 374 g/mol. The lowest BCUT2D eigenvalue weighted by Gasteiger charge is -2.25. The predicted octanol–water partition coefficient (Wildman–Crippen LogP) is 4.37. The first-order valence-electron chi connectivity index (χ1n) is 8.95. The van der Waals surface area contributed by atoms with Crippen molar-refractivity contribution in [3.63, 3.8) is 0 Å². The van der Waals surface area contributed by atoms with Crippen molar-refractivity contribution in [1.82, 2.24) is 19.3 Å². The van der Waals surface area contributed by atoms with Gasteiger partial charge < -0.3 is 9.30 Å². The van der Waals surface area contributed by atoms with Gasteiger partial charge in [-0.15, -0.1) is 0 Å². The molecule has 28 heavy (non-hydrogen) atoms. The summed E-state index contributed by atoms with van der Waals surface area (Å²) < 4.78 is 15.0. The summed E-state index contributed by atoms with van der Waals surface area (Å²) in [7, 11) is 1.78. The molecule has 0 aliphatic heterocycles. The van der Waals surface area contributed by atoms with Crippen LogP contribution in [0, 0.1) is 5.82 Å². The van der Waals surface area contributed by atoms with E-state index in [9.17, 15) is 9.18 Å². The van der Waals surface area contributed by atoms with E-state index in [-0.39, 0.29) is 17.8 Å². The van der Waals surface area contributed by atoms with Gasteiger partial charge in [0.25, 0.3) is 5.91 Å². The molecule has 0 saturated carbocycles. The van der Waals surface area contributed by atoms with E-state index in [4.69, 9.17) is 0 Å². The second kappa shape index (κ2) is 7.23. The normalized spacial score (nSPS) is 12.1. The number of hydrogen-bond acceptors (Lipinski definition) is 3. The van der Waals surface area contributed by atoms with Crippen LogP contribution in [-0.2, 0) is 0 Å². The van der Waals surface area contributed by atoms with E-state index in [0.717, 1.165) is 22.5 Å². The van der Waals surface area contributed by atoms with E-state index in [1.807, 2.05) is 35.7 Å². The lowest BCUT2D eigenvalue weighted by atomic mass is 10.1. The molecule has 0 fully saturated rings. The van der Waals surface area contributed by atoms with Gasteiger partial charge in [-0.1, -0.05) is 6.07 Å². The van der Waals surface area contributed by atoms with Crippen LogP contribution in [0.1, 0.15) is 28.9 Å². The summed E-state index contributed by atoms with van der Waals surface area (Å²) in [6.45, 7) is 1.97. The fourth-order valence-corrected chi connectivity index (χ4v) is 3.10. The van der Waals surface area contributed by atoms with Crippen molar-refractivity contribution < 1.29 is 9.18 Å². The largest absolute Gasteiger partial charge is 0.335 e. The third-order valence-corrected chi connectivity index (χ3v) is 4.91. The molecule has 140 valence electrons. The lowest BCUT2D eigenvalue weighted by Crippen LogP contribution is -2.29. The zero-order valence-electron chi connectivity index (χ0n) is 15.6. The van der Waals surface area contributed by atoms with Gasteiger partial charge >= 0.3 is 0 Å². The molecule has 0 aliphatic rings. The van der Waals surface area contributed by atoms with Gasteiger partial charge in [0.15, 0.2) is 0 Å². The Morgan fingerprint density at radius 2 is 1.89 bits per heavy atom. The molecule has 0 unspecified atom stereocenters. The van der Waals surface area contributed by atoms with E-state index in [2.05, 4.69) is 9.97 Å². The summed E-state index contributed by atoms with van der Waals surface area (Å²) in [5.41, 5.74) is 3.80. The van der Waals surface area contributed by atoms with Crippen molar-refractivity contribution >= 4 is 11.6 Å². The Hall–Kier alpha value is -3.54. The van der Waals surface area contributed by atoms with E-state index in [1.165, 1.54) is 12.1 Å². The molecule has 0 bridgehead atoms. The van der Waals surface area contributed by atoms with E-state index in [0.29, 0.717) is 5.56 Å². The number of imidazole rings is 1. The van der Waals surface area contributed by atoms with Crippen molar-refractivity contribution in [3.8, 4) is 11.3 Å². The Morgan fingerprint density at radius 1 is 1.11 bits per heavy atom. The number of hydrogen-bond donors (Lipinski definition) is 0. The van der Waals surface area contributed by atoms with Crippen LogP contribution in [0.25, 0.3) is 16.9 Å². The lowest BCUT2D eigenvalue weighted by molar-refractivity contribution is 0.0742. The van der Waals surface area contributed by atoms with Gasteiger partial charge in [0.2, 0.25) is 0 Å². The topological polar surface area (TPSA) is 50.5 Å². The van der Waals surface area contributed by atoms with Crippen LogP contribution in [0.5, 0.6) is 0 Å². The molecule has 0 aliphatic carbocycles. The quantitative estimate of drug-likeness (QED) is 0.533. The summed E-state index contributed by atoms with van der Waals surface area (Å²) in [5.74, 6) is -0.374. The van der Waals surface area contributed by atoms with Gasteiger partial charge in [-0.3, -0.25) is 9.78 Å². The molecule has 3 aromatic heterocycles. The number of nitrogens with zero attached hydrogens (tertiary/aromatic N) is 4. The number of benzene rings is 1. The molecule has 1 amide bonds. The number of pyridine rings is 2. The number of rotatable bonds is 4. The van der Waals surface area contributed by atoms with Gasteiger partial charge in [-0.2, -0.15) is 0 Å². The molecule has 4 aromatic rings. The number of halogens is 1. The maximum Gasteiger partial charge on any atom is 0.255 e. The molecular formula is C22H19FN4O. The summed E-state index contributed by atoms with van der Waals surface area (Å²) in [4.78, 5) is 23.3. The minimum Gasteiger partial charge on any atom is -0.335 e. The number of carbonyl (C=O) groups excluding carboxylic acids is 1. The zero-order chi connectivity index (χ0) is 19.7. The predicted molar refractivity (Wildman–Crippen MR) is 105 cm³/mol. The highest BCUT2D eigenvalue weighted by molar-refractivity contribution is 5.94. The molecule has 4 rings (SSSR count). The Balaban J connectivity index is 1.62. The molecule has 0 saturated heterocycles. The number of amides is 1. The molecule has 3 heterocycles. The summed E-state index contributed by atoms with van der Waals surface area (Å²) in [5, 5.41) is 0. The molecule has 0 N–H and O–H groups in total. The SMILES string of the molecule is C[C@@H](c1cccnc1)N(C)C(=O)c1ccc2nc(-c3ccc(F)cc3)cn2c1. The summed E-state index contributed by atoms with van der Waals surface area (Å²) >= 11 is 0. The highest BCUT2D eigenvalue weighted by Gasteiger charge is 2.19. The van der Waals surface area contributed by atoms with Crippen molar-refractivity contribution in [1.29, 1.82) is 0 Å². The highest BCUT2D eigenvalue weighted by Crippen LogP contribution is 2.22. The van der Waals surface area contributed by atoms with Crippen LogP contribution in [0.2, 0.25) is 0 Å². The van der Waals surface area contributed by atoms with Crippen LogP contribution in [0.15, 0.2) is 73.3 Å². The Kier molecular flexibility index (Phi) is 4.61. The third-order valence-electron chi connectivity index (χ3n) is 4.91. The van der Waals surface area contributed by atoms with Gasteiger partial charge in [-0.05, 0) is 55.0 Å². The summed E-state index contributed by atoms with van der Waals surface area (Å²) in [6, 6.07) is 13.5. The first-order chi connectivity index (χ1) is 13.5. The van der Waals surface area contributed by atoms with Crippen molar-refractivity contribution in [2.45, 2.75) is 13.0 Å². The molecule has 0 spiro atoms. The van der Waals surface area contributed by atoms with Crippen LogP contribution in [-0.4, -0.2) is 32.2 Å². The number of fused-ring (bicyclic) bond motifs is 1. The van der Waals surface area contributed by atoms with E-state index < -0.39 is 0 Å². The van der Waals surface area contributed by atoms with E-state index >= 15 is 0 Å². The highest BCUT2D eigenvalue weighted by atomic mass is 19.1. The van der Waals surface area contributed by atoms with E-state index in [1.54, 1.807) is 48.7 Å². The first-order valence-corrected chi connectivity index (χ1v) is 8.95. The molecule has 0 radical (unpaired) electrons. The second-order valence-electron chi connectivity index (χ2n) is 6.69. The maximum atomic E-state index is 13.1. The van der Waals surface area contributed by atoms with Crippen LogP contribution >= 0.6 is 0 Å². The smallest absolute Gasteiger partial charge is 0.255 e. The maximum absolute atomic E-state index is 13.1. The molecule has 1 atom stereocenters. The van der Waals surface area contributed by atoms with Crippen LogP contribution in [0.3, 0.4) is 0 Å². The van der Waals surface area contributed by atoms with Gasteiger partial charge in [0.1, 0.15) is 11.5 Å². The van der Waals surface area contributed by atoms with Crippen LogP contribution < -0.4 is 0 Å². The molecule has 5 nitrogen and oxygen atoms in total. The fraction of sp³-hybridized carbons (Fsp3) is 0.136. The average molecular weight is 374 g/mol. The minimum absolute atomic E-state index is 0.0877. The second-order valence-corrected chi connectivity index (χ2v) is 6.69. The van der Waals surface area contributed by atoms with Gasteiger partial charge in [0.05, 0.1) is 17.3 Å². The van der Waals surface area contributed by atoms with Crippen molar-refractivity contribution in [2.24, 2.45) is 0 Å². The van der Waals surface area contributed by atoms with Crippen molar-refractivity contribution in [2.75, 3.05) is 7.05 Å². The average Bonchev–Trinajstić information content (AvgIpc) is 3.16. The van der Waals surface area contributed by atoms with Crippen LogP contribution in [0.4, 0.5) is 4.39 Å². The standard InChI is InChI=1S/C22H19FN4O/c1-15(17-4-3-11-24-12-17)26(2)22(28)18-7-10-21-25-20(14-27(21)13-18)16-5-8-19(23)9-6-16/h3-15H,1-2H3/t15-/m0/s1. The first kappa shape index (κ1) is 17.9. The third kappa shape index (κ3) is 3.36. The molecule has 6 heteroatoms. The summed E-state index contributed by atoms with van der Waals surface area (Å²) in [6.07, 6.45) is 7.08.